The highest BCUT2D eigenvalue weighted by atomic mass is 35.5. The van der Waals surface area contributed by atoms with Gasteiger partial charge in [-0.1, -0.05) is 85.3 Å². The quantitative estimate of drug-likeness (QED) is 0.254. The van der Waals surface area contributed by atoms with Crippen LogP contribution in [0, 0.1) is 6.92 Å². The molecule has 0 aliphatic heterocycles. The van der Waals surface area contributed by atoms with Gasteiger partial charge in [0, 0.05) is 22.6 Å². The molecule has 0 heterocycles. The summed E-state index contributed by atoms with van der Waals surface area (Å²) in [7, 11) is -4.15. The van der Waals surface area contributed by atoms with E-state index in [4.69, 9.17) is 23.2 Å². The maximum Gasteiger partial charge on any atom is 0.264 e. The molecule has 224 valence electrons. The number of nitrogens with one attached hydrogen (secondary N) is 1. The van der Waals surface area contributed by atoms with Crippen LogP contribution in [0.1, 0.15) is 56.6 Å². The van der Waals surface area contributed by atoms with E-state index in [2.05, 4.69) is 5.32 Å². The van der Waals surface area contributed by atoms with Crippen LogP contribution in [0.3, 0.4) is 0 Å². The molecule has 3 aromatic carbocycles. The summed E-state index contributed by atoms with van der Waals surface area (Å²) in [5.74, 6) is -0.768. The Morgan fingerprint density at radius 1 is 0.929 bits per heavy atom. The van der Waals surface area contributed by atoms with Gasteiger partial charge in [-0.3, -0.25) is 13.9 Å². The Balaban J connectivity index is 1.71. The molecular formula is C32H37Cl2N3O4S. The number of aryl methyl sites for hydroxylation is 1. The minimum Gasteiger partial charge on any atom is -0.352 e. The lowest BCUT2D eigenvalue weighted by molar-refractivity contribution is -0.140. The Morgan fingerprint density at radius 3 is 2.19 bits per heavy atom. The molecule has 0 saturated heterocycles. The van der Waals surface area contributed by atoms with Crippen LogP contribution in [0.15, 0.2) is 77.7 Å². The fraction of sp³-hybridized carbons (Fsp3) is 0.375. The molecule has 7 nitrogen and oxygen atoms in total. The van der Waals surface area contributed by atoms with Crippen molar-refractivity contribution >= 4 is 50.7 Å². The molecule has 42 heavy (non-hydrogen) atoms. The van der Waals surface area contributed by atoms with Crippen LogP contribution in [-0.4, -0.2) is 43.8 Å². The van der Waals surface area contributed by atoms with Crippen molar-refractivity contribution in [1.82, 2.24) is 10.2 Å². The van der Waals surface area contributed by atoms with E-state index in [1.54, 1.807) is 54.6 Å². The first-order chi connectivity index (χ1) is 20.1. The summed E-state index contributed by atoms with van der Waals surface area (Å²) in [4.78, 5) is 29.3. The third-order valence-corrected chi connectivity index (χ3v) is 10.0. The summed E-state index contributed by atoms with van der Waals surface area (Å²) in [6, 6.07) is 19.1. The van der Waals surface area contributed by atoms with Crippen LogP contribution in [0.5, 0.6) is 0 Å². The van der Waals surface area contributed by atoms with E-state index in [-0.39, 0.29) is 29.1 Å². The third kappa shape index (κ3) is 7.85. The summed E-state index contributed by atoms with van der Waals surface area (Å²) in [6.07, 6.45) is 5.41. The van der Waals surface area contributed by atoms with Gasteiger partial charge in [-0.2, -0.15) is 0 Å². The SMILES string of the molecule is CC[C@H](C(=O)NC1CCCCC1)N(Cc1ccccc1Cl)C(=O)CN(c1ccc(Cl)cc1)S(=O)(=O)c1ccc(C)cc1. The van der Waals surface area contributed by atoms with Crippen molar-refractivity contribution in [2.24, 2.45) is 0 Å². The molecule has 0 spiro atoms. The highest BCUT2D eigenvalue weighted by molar-refractivity contribution is 7.92. The van der Waals surface area contributed by atoms with E-state index in [1.807, 2.05) is 19.9 Å². The maximum absolute atomic E-state index is 14.2. The number of rotatable bonds is 11. The first-order valence-electron chi connectivity index (χ1n) is 14.3. The second kappa shape index (κ2) is 14.4. The van der Waals surface area contributed by atoms with Crippen molar-refractivity contribution < 1.29 is 18.0 Å². The van der Waals surface area contributed by atoms with Crippen LogP contribution >= 0.6 is 23.2 Å². The molecular weight excluding hydrogens is 593 g/mol. The number of carbonyl (C=O) groups is 2. The molecule has 1 fully saturated rings. The molecule has 1 atom stereocenters. The minimum atomic E-state index is -4.15. The zero-order valence-electron chi connectivity index (χ0n) is 23.9. The van der Waals surface area contributed by atoms with Gasteiger partial charge in [0.15, 0.2) is 0 Å². The van der Waals surface area contributed by atoms with Gasteiger partial charge < -0.3 is 10.2 Å². The summed E-state index contributed by atoms with van der Waals surface area (Å²) >= 11 is 12.6. The van der Waals surface area contributed by atoms with Crippen molar-refractivity contribution in [3.63, 3.8) is 0 Å². The number of benzene rings is 3. The fourth-order valence-corrected chi connectivity index (χ4v) is 6.98. The van der Waals surface area contributed by atoms with Crippen LogP contribution in [0.4, 0.5) is 5.69 Å². The first-order valence-corrected chi connectivity index (χ1v) is 16.5. The Labute approximate surface area is 258 Å². The van der Waals surface area contributed by atoms with Gasteiger partial charge in [0.1, 0.15) is 12.6 Å². The number of carbonyl (C=O) groups excluding carboxylic acids is 2. The second-order valence-electron chi connectivity index (χ2n) is 10.7. The molecule has 1 aliphatic rings. The molecule has 0 unspecified atom stereocenters. The summed E-state index contributed by atoms with van der Waals surface area (Å²) in [5, 5.41) is 4.04. The van der Waals surface area contributed by atoms with E-state index in [0.29, 0.717) is 22.0 Å². The van der Waals surface area contributed by atoms with Gasteiger partial charge in [0.2, 0.25) is 11.8 Å². The van der Waals surface area contributed by atoms with Gasteiger partial charge >= 0.3 is 0 Å². The Hall–Kier alpha value is -3.07. The molecule has 1 N–H and O–H groups in total. The van der Waals surface area contributed by atoms with Crippen LogP contribution in [0.2, 0.25) is 10.0 Å². The predicted octanol–water partition coefficient (Wildman–Crippen LogP) is 6.75. The lowest BCUT2D eigenvalue weighted by Crippen LogP contribution is -2.54. The number of sulfonamides is 1. The number of amides is 2. The molecule has 1 saturated carbocycles. The lowest BCUT2D eigenvalue weighted by atomic mass is 9.95. The normalized spacial score (nSPS) is 14.7. The topological polar surface area (TPSA) is 86.8 Å². The van der Waals surface area contributed by atoms with Gasteiger partial charge in [-0.25, -0.2) is 8.42 Å². The third-order valence-electron chi connectivity index (χ3n) is 7.64. The van der Waals surface area contributed by atoms with E-state index >= 15 is 0 Å². The van der Waals surface area contributed by atoms with E-state index < -0.39 is 28.5 Å². The number of halogens is 2. The summed E-state index contributed by atoms with van der Waals surface area (Å²) in [5.41, 5.74) is 1.85. The standard InChI is InChI=1S/C32H37Cl2N3O4S/c1-3-30(32(39)35-26-10-5-4-6-11-26)36(21-24-9-7-8-12-29(24)34)31(38)22-37(27-17-15-25(33)16-18-27)42(40,41)28-19-13-23(2)14-20-28/h7-9,12-20,26,30H,3-6,10-11,21-22H2,1-2H3,(H,35,39)/t30-/m1/s1. The summed E-state index contributed by atoms with van der Waals surface area (Å²) in [6.45, 7) is 3.24. The van der Waals surface area contributed by atoms with E-state index in [0.717, 1.165) is 42.0 Å². The molecule has 10 heteroatoms. The van der Waals surface area contributed by atoms with Crippen LogP contribution in [0.25, 0.3) is 0 Å². The average Bonchev–Trinajstić information content (AvgIpc) is 2.98. The minimum absolute atomic E-state index is 0.0497. The lowest BCUT2D eigenvalue weighted by Gasteiger charge is -2.34. The molecule has 4 rings (SSSR count). The molecule has 0 bridgehead atoms. The zero-order chi connectivity index (χ0) is 30.3. The van der Waals surface area contributed by atoms with Crippen LogP contribution < -0.4 is 9.62 Å². The molecule has 0 aromatic heterocycles. The Bertz CT molecular complexity index is 1470. The fourth-order valence-electron chi connectivity index (χ4n) is 5.25. The van der Waals surface area contributed by atoms with Crippen molar-refractivity contribution in [2.45, 2.75) is 75.9 Å². The Kier molecular flexibility index (Phi) is 10.9. The van der Waals surface area contributed by atoms with Gasteiger partial charge in [-0.15, -0.1) is 0 Å². The number of hydrogen-bond acceptors (Lipinski definition) is 4. The van der Waals surface area contributed by atoms with E-state index in [1.165, 1.54) is 17.0 Å². The molecule has 0 radical (unpaired) electrons. The molecule has 3 aromatic rings. The smallest absolute Gasteiger partial charge is 0.264 e. The van der Waals surface area contributed by atoms with Gasteiger partial charge in [0.05, 0.1) is 10.6 Å². The van der Waals surface area contributed by atoms with E-state index in [9.17, 15) is 18.0 Å². The number of hydrogen-bond donors (Lipinski definition) is 1. The molecule has 2 amide bonds. The number of anilines is 1. The van der Waals surface area contributed by atoms with Gasteiger partial charge in [-0.05, 0) is 74.2 Å². The largest absolute Gasteiger partial charge is 0.352 e. The second-order valence-corrected chi connectivity index (χ2v) is 13.4. The first kappa shape index (κ1) is 31.9. The van der Waals surface area contributed by atoms with Crippen molar-refractivity contribution in [3.8, 4) is 0 Å². The van der Waals surface area contributed by atoms with Gasteiger partial charge in [0.25, 0.3) is 10.0 Å². The van der Waals surface area contributed by atoms with Crippen molar-refractivity contribution in [2.75, 3.05) is 10.8 Å². The van der Waals surface area contributed by atoms with Crippen molar-refractivity contribution in [1.29, 1.82) is 0 Å². The summed E-state index contributed by atoms with van der Waals surface area (Å²) < 4.78 is 29.0. The highest BCUT2D eigenvalue weighted by Crippen LogP contribution is 2.27. The maximum atomic E-state index is 14.2. The predicted molar refractivity (Wildman–Crippen MR) is 168 cm³/mol. The monoisotopic (exact) mass is 629 g/mol. The molecule has 1 aliphatic carbocycles. The van der Waals surface area contributed by atoms with Crippen LogP contribution in [-0.2, 0) is 26.2 Å². The van der Waals surface area contributed by atoms with Crippen molar-refractivity contribution in [3.05, 3.63) is 94.0 Å². The zero-order valence-corrected chi connectivity index (χ0v) is 26.3. The Morgan fingerprint density at radius 2 is 1.57 bits per heavy atom. The highest BCUT2D eigenvalue weighted by Gasteiger charge is 2.34. The average molecular weight is 631 g/mol. The number of nitrogens with zero attached hydrogens (tertiary/aromatic N) is 2.